The van der Waals surface area contributed by atoms with Gasteiger partial charge in [0, 0.05) is 18.4 Å². The first-order chi connectivity index (χ1) is 16.0. The van der Waals surface area contributed by atoms with Crippen molar-refractivity contribution < 1.29 is 19.1 Å². The first-order valence-corrected chi connectivity index (χ1v) is 11.9. The third kappa shape index (κ3) is 10.4. The summed E-state index contributed by atoms with van der Waals surface area (Å²) in [4.78, 5) is 31.9. The Balaban J connectivity index is 1.73. The normalized spacial score (nSPS) is 11.6. The van der Waals surface area contributed by atoms with Gasteiger partial charge in [-0.15, -0.1) is 6.58 Å². The zero-order valence-corrected chi connectivity index (χ0v) is 19.9. The van der Waals surface area contributed by atoms with Gasteiger partial charge in [-0.05, 0) is 57.4 Å². The molecule has 0 saturated heterocycles. The van der Waals surface area contributed by atoms with Gasteiger partial charge in [-0.1, -0.05) is 43.7 Å². The number of aryl methyl sites for hydroxylation is 1. The molecule has 1 aromatic carbocycles. The van der Waals surface area contributed by atoms with E-state index >= 15 is 0 Å². The van der Waals surface area contributed by atoms with E-state index in [4.69, 9.17) is 9.47 Å². The second-order valence-corrected chi connectivity index (χ2v) is 8.20. The Hall–Kier alpha value is -3.02. The van der Waals surface area contributed by atoms with Crippen molar-refractivity contribution in [1.82, 2.24) is 9.97 Å². The summed E-state index contributed by atoms with van der Waals surface area (Å²) in [7, 11) is 0. The molecule has 6 nitrogen and oxygen atoms in total. The van der Waals surface area contributed by atoms with Gasteiger partial charge in [0.2, 0.25) is 0 Å². The molecule has 0 N–H and O–H groups in total. The van der Waals surface area contributed by atoms with Gasteiger partial charge in [-0.2, -0.15) is 0 Å². The van der Waals surface area contributed by atoms with Crippen LogP contribution in [0.2, 0.25) is 0 Å². The van der Waals surface area contributed by atoms with Gasteiger partial charge in [0.25, 0.3) is 0 Å². The van der Waals surface area contributed by atoms with Crippen molar-refractivity contribution in [2.24, 2.45) is 0 Å². The fraction of sp³-hybridized carbons (Fsp3) is 0.481. The molecule has 33 heavy (non-hydrogen) atoms. The molecule has 0 aliphatic rings. The lowest BCUT2D eigenvalue weighted by molar-refractivity contribution is -0.148. The molecule has 1 heterocycles. The summed E-state index contributed by atoms with van der Waals surface area (Å²) in [6.45, 7) is 7.45. The number of hydrogen-bond donors (Lipinski definition) is 0. The van der Waals surface area contributed by atoms with Crippen LogP contribution in [-0.2, 0) is 20.7 Å². The van der Waals surface area contributed by atoms with E-state index in [0.29, 0.717) is 24.4 Å². The molecule has 1 unspecified atom stereocenters. The third-order valence-electron chi connectivity index (χ3n) is 5.31. The number of allylic oxidation sites excluding steroid dienone is 1. The molecular formula is C27H36N2O4. The van der Waals surface area contributed by atoms with Crippen molar-refractivity contribution in [2.75, 3.05) is 0 Å². The largest absolute Gasteiger partial charge is 0.463 e. The minimum absolute atomic E-state index is 0.0263. The molecule has 178 valence electrons. The minimum atomic E-state index is -0.257. The van der Waals surface area contributed by atoms with Gasteiger partial charge >= 0.3 is 11.9 Å². The van der Waals surface area contributed by atoms with E-state index in [0.717, 1.165) is 56.9 Å². The van der Waals surface area contributed by atoms with Crippen LogP contribution in [0, 0.1) is 0 Å². The third-order valence-corrected chi connectivity index (χ3v) is 5.31. The zero-order valence-electron chi connectivity index (χ0n) is 19.9. The highest BCUT2D eigenvalue weighted by atomic mass is 16.5. The number of ether oxygens (including phenoxy) is 2. The van der Waals surface area contributed by atoms with Gasteiger partial charge in [-0.25, -0.2) is 9.97 Å². The van der Waals surface area contributed by atoms with Crippen LogP contribution in [0.25, 0.3) is 11.4 Å². The smallest absolute Gasteiger partial charge is 0.311 e. The van der Waals surface area contributed by atoms with Crippen LogP contribution in [0.5, 0.6) is 5.75 Å². The number of carbonyl (C=O) groups excluding carboxylic acids is 2. The zero-order chi connectivity index (χ0) is 23.9. The number of unbranched alkanes of at least 4 members (excludes halogenated alkanes) is 4. The summed E-state index contributed by atoms with van der Waals surface area (Å²) in [5.74, 6) is 0.566. The number of hydrogen-bond acceptors (Lipinski definition) is 6. The Morgan fingerprint density at radius 1 is 1.00 bits per heavy atom. The molecule has 0 radical (unpaired) electrons. The van der Waals surface area contributed by atoms with Crippen LogP contribution in [0.4, 0.5) is 0 Å². The first-order valence-electron chi connectivity index (χ1n) is 11.9. The molecule has 0 fully saturated rings. The van der Waals surface area contributed by atoms with E-state index in [9.17, 15) is 9.59 Å². The van der Waals surface area contributed by atoms with E-state index in [1.165, 1.54) is 5.56 Å². The van der Waals surface area contributed by atoms with Gasteiger partial charge in [-0.3, -0.25) is 9.59 Å². The van der Waals surface area contributed by atoms with Crippen LogP contribution in [-0.4, -0.2) is 28.0 Å². The molecule has 6 heteroatoms. The lowest BCUT2D eigenvalue weighted by atomic mass is 10.0. The fourth-order valence-electron chi connectivity index (χ4n) is 3.38. The highest BCUT2D eigenvalue weighted by molar-refractivity contribution is 5.72. The fourth-order valence-corrected chi connectivity index (χ4v) is 3.38. The van der Waals surface area contributed by atoms with Crippen LogP contribution in [0.3, 0.4) is 0 Å². The maximum absolute atomic E-state index is 11.9. The Labute approximate surface area is 197 Å². The van der Waals surface area contributed by atoms with Crippen molar-refractivity contribution in [1.29, 1.82) is 0 Å². The van der Waals surface area contributed by atoms with Crippen molar-refractivity contribution in [3.05, 3.63) is 54.9 Å². The highest BCUT2D eigenvalue weighted by Gasteiger charge is 2.09. The Morgan fingerprint density at radius 3 is 2.39 bits per heavy atom. The number of nitrogens with zero attached hydrogens (tertiary/aromatic N) is 2. The summed E-state index contributed by atoms with van der Waals surface area (Å²) >= 11 is 0. The van der Waals surface area contributed by atoms with Crippen molar-refractivity contribution in [3.8, 4) is 17.1 Å². The molecule has 0 amide bonds. The van der Waals surface area contributed by atoms with Gasteiger partial charge < -0.3 is 9.47 Å². The monoisotopic (exact) mass is 452 g/mol. The number of esters is 2. The summed E-state index contributed by atoms with van der Waals surface area (Å²) < 4.78 is 10.6. The second-order valence-electron chi connectivity index (χ2n) is 8.20. The Bertz CT molecular complexity index is 863. The molecule has 0 saturated carbocycles. The lowest BCUT2D eigenvalue weighted by Gasteiger charge is -2.12. The SMILES string of the molecule is C=CCCCCCC(=O)Oc1cnc(-c2ccc(CCCCC(C)OC(=O)CC)cc2)nc1. The molecular weight excluding hydrogens is 416 g/mol. The summed E-state index contributed by atoms with van der Waals surface area (Å²) in [6.07, 6.45) is 13.5. The molecule has 0 aliphatic carbocycles. The summed E-state index contributed by atoms with van der Waals surface area (Å²) in [5, 5.41) is 0. The predicted molar refractivity (Wildman–Crippen MR) is 130 cm³/mol. The topological polar surface area (TPSA) is 78.4 Å². The summed E-state index contributed by atoms with van der Waals surface area (Å²) in [6, 6.07) is 8.18. The molecule has 0 aliphatic heterocycles. The second kappa shape index (κ2) is 14.9. The molecule has 0 spiro atoms. The van der Waals surface area contributed by atoms with Gasteiger partial charge in [0.15, 0.2) is 11.6 Å². The molecule has 0 bridgehead atoms. The number of aromatic nitrogens is 2. The first kappa shape index (κ1) is 26.2. The molecule has 2 aromatic rings. The lowest BCUT2D eigenvalue weighted by Crippen LogP contribution is -2.13. The van der Waals surface area contributed by atoms with Gasteiger partial charge in [0.1, 0.15) is 0 Å². The maximum Gasteiger partial charge on any atom is 0.311 e. The maximum atomic E-state index is 11.9. The highest BCUT2D eigenvalue weighted by Crippen LogP contribution is 2.19. The Morgan fingerprint density at radius 2 is 1.73 bits per heavy atom. The van der Waals surface area contributed by atoms with E-state index in [2.05, 4.69) is 28.7 Å². The van der Waals surface area contributed by atoms with Crippen molar-refractivity contribution in [2.45, 2.75) is 84.2 Å². The van der Waals surface area contributed by atoms with E-state index in [-0.39, 0.29) is 18.0 Å². The number of rotatable bonds is 15. The summed E-state index contributed by atoms with van der Waals surface area (Å²) in [5.41, 5.74) is 2.16. The standard InChI is InChI=1S/C27H36N2O4/c1-4-6-7-8-9-14-26(31)33-24-19-28-27(29-20-24)23-17-15-22(16-18-23)13-11-10-12-21(3)32-25(30)5-2/h4,15-21H,1,5-14H2,2-3H3. The van der Waals surface area contributed by atoms with E-state index in [1.807, 2.05) is 32.1 Å². The van der Waals surface area contributed by atoms with Crippen LogP contribution in [0.15, 0.2) is 49.3 Å². The van der Waals surface area contributed by atoms with E-state index < -0.39 is 0 Å². The molecule has 1 aromatic heterocycles. The van der Waals surface area contributed by atoms with Gasteiger partial charge in [0.05, 0.1) is 18.5 Å². The number of carbonyl (C=O) groups is 2. The van der Waals surface area contributed by atoms with Crippen molar-refractivity contribution >= 4 is 11.9 Å². The molecule has 2 rings (SSSR count). The van der Waals surface area contributed by atoms with Crippen LogP contribution >= 0.6 is 0 Å². The quantitative estimate of drug-likeness (QED) is 0.181. The van der Waals surface area contributed by atoms with Crippen LogP contribution in [0.1, 0.15) is 77.2 Å². The predicted octanol–water partition coefficient (Wildman–Crippen LogP) is 6.24. The Kier molecular flexibility index (Phi) is 11.9. The average molecular weight is 453 g/mol. The molecule has 1 atom stereocenters. The van der Waals surface area contributed by atoms with Crippen molar-refractivity contribution in [3.63, 3.8) is 0 Å². The number of benzene rings is 1. The van der Waals surface area contributed by atoms with E-state index in [1.54, 1.807) is 12.4 Å². The minimum Gasteiger partial charge on any atom is -0.463 e. The van der Waals surface area contributed by atoms with Crippen LogP contribution < -0.4 is 4.74 Å². The average Bonchev–Trinajstić information content (AvgIpc) is 2.82.